The van der Waals surface area contributed by atoms with Gasteiger partial charge in [0.1, 0.15) is 11.4 Å². The molecule has 0 aliphatic carbocycles. The number of hydrogen-bond acceptors (Lipinski definition) is 4. The number of nitrogens with one attached hydrogen (secondary N) is 1. The molecule has 0 saturated heterocycles. The number of phenolic OH excluding ortho intramolecular Hbond substituents is 1. The van der Waals surface area contributed by atoms with Crippen LogP contribution in [0.2, 0.25) is 0 Å². The third-order valence-electron chi connectivity index (χ3n) is 4.01. The van der Waals surface area contributed by atoms with Crippen LogP contribution in [-0.2, 0) is 4.79 Å². The number of carbonyl (C=O) groups is 1. The molecule has 4 rings (SSSR count). The summed E-state index contributed by atoms with van der Waals surface area (Å²) in [5, 5.41) is 12.7. The van der Waals surface area contributed by atoms with Gasteiger partial charge in [-0.25, -0.2) is 0 Å². The first-order chi connectivity index (χ1) is 11.2. The molecule has 3 aromatic rings. The Bertz CT molecular complexity index is 874. The van der Waals surface area contributed by atoms with Crippen molar-refractivity contribution < 1.29 is 9.90 Å². The van der Waals surface area contributed by atoms with Gasteiger partial charge in [0.25, 0.3) is 0 Å². The van der Waals surface area contributed by atoms with E-state index in [9.17, 15) is 9.90 Å². The van der Waals surface area contributed by atoms with E-state index < -0.39 is 0 Å². The zero-order chi connectivity index (χ0) is 15.8. The SMILES string of the molecule is O=C1C[C@@H](c2cccc(O)c2)c2snc(-c3ccccc3)c2N1. The summed E-state index contributed by atoms with van der Waals surface area (Å²) >= 11 is 1.41. The predicted octanol–water partition coefficient (Wildman–Crippen LogP) is 3.99. The standard InChI is InChI=1S/C18H14N2O2S/c21-13-8-4-7-12(9-13)14-10-15(22)19-17-16(20-23-18(14)17)11-5-2-1-3-6-11/h1-9,14,21H,10H2,(H,19,22)/t14-/m0/s1. The average Bonchev–Trinajstić information content (AvgIpc) is 2.98. The van der Waals surface area contributed by atoms with Gasteiger partial charge in [0.05, 0.1) is 10.6 Å². The van der Waals surface area contributed by atoms with E-state index in [1.54, 1.807) is 18.2 Å². The highest BCUT2D eigenvalue weighted by atomic mass is 32.1. The molecule has 5 heteroatoms. The van der Waals surface area contributed by atoms with E-state index in [0.29, 0.717) is 6.42 Å². The zero-order valence-electron chi connectivity index (χ0n) is 12.2. The summed E-state index contributed by atoms with van der Waals surface area (Å²) in [6.45, 7) is 0. The van der Waals surface area contributed by atoms with Crippen LogP contribution < -0.4 is 5.32 Å². The Hall–Kier alpha value is -2.66. The average molecular weight is 322 g/mol. The van der Waals surface area contributed by atoms with Crippen molar-refractivity contribution >= 4 is 23.1 Å². The van der Waals surface area contributed by atoms with E-state index in [-0.39, 0.29) is 17.6 Å². The molecule has 0 radical (unpaired) electrons. The third-order valence-corrected chi connectivity index (χ3v) is 4.97. The van der Waals surface area contributed by atoms with Crippen LogP contribution in [0.4, 0.5) is 5.69 Å². The lowest BCUT2D eigenvalue weighted by atomic mass is 9.89. The quantitative estimate of drug-likeness (QED) is 0.750. The number of nitrogens with zero attached hydrogens (tertiary/aromatic N) is 1. The van der Waals surface area contributed by atoms with Crippen LogP contribution in [0, 0.1) is 0 Å². The third kappa shape index (κ3) is 2.49. The van der Waals surface area contributed by atoms with Crippen molar-refractivity contribution in [3.63, 3.8) is 0 Å². The molecule has 0 saturated carbocycles. The highest BCUT2D eigenvalue weighted by molar-refractivity contribution is 7.07. The molecule has 2 heterocycles. The van der Waals surface area contributed by atoms with Gasteiger partial charge in [-0.2, -0.15) is 4.37 Å². The summed E-state index contributed by atoms with van der Waals surface area (Å²) in [6, 6.07) is 16.9. The number of anilines is 1. The van der Waals surface area contributed by atoms with Crippen LogP contribution in [0.5, 0.6) is 5.75 Å². The summed E-state index contributed by atoms with van der Waals surface area (Å²) in [7, 11) is 0. The molecule has 0 spiro atoms. The second-order valence-corrected chi connectivity index (χ2v) is 6.34. The van der Waals surface area contributed by atoms with Gasteiger partial charge in [-0.3, -0.25) is 4.79 Å². The Morgan fingerprint density at radius 2 is 1.96 bits per heavy atom. The molecule has 4 nitrogen and oxygen atoms in total. The fourth-order valence-corrected chi connectivity index (χ4v) is 3.91. The minimum Gasteiger partial charge on any atom is -0.508 e. The lowest BCUT2D eigenvalue weighted by Gasteiger charge is -2.23. The van der Waals surface area contributed by atoms with Crippen molar-refractivity contribution in [3.8, 4) is 17.0 Å². The smallest absolute Gasteiger partial charge is 0.225 e. The number of aromatic hydroxyl groups is 1. The van der Waals surface area contributed by atoms with E-state index in [2.05, 4.69) is 9.69 Å². The van der Waals surface area contributed by atoms with Crippen LogP contribution >= 0.6 is 11.5 Å². The van der Waals surface area contributed by atoms with E-state index in [1.807, 2.05) is 36.4 Å². The first-order valence-corrected chi connectivity index (χ1v) is 8.13. The number of fused-ring (bicyclic) bond motifs is 1. The van der Waals surface area contributed by atoms with E-state index in [0.717, 1.165) is 27.4 Å². The number of benzene rings is 2. The molecular formula is C18H14N2O2S. The van der Waals surface area contributed by atoms with Gasteiger partial charge in [-0.1, -0.05) is 42.5 Å². The molecule has 0 unspecified atom stereocenters. The molecular weight excluding hydrogens is 308 g/mol. The van der Waals surface area contributed by atoms with Gasteiger partial charge in [-0.05, 0) is 29.2 Å². The van der Waals surface area contributed by atoms with Crippen LogP contribution in [0.15, 0.2) is 54.6 Å². The Morgan fingerprint density at radius 1 is 1.13 bits per heavy atom. The number of rotatable bonds is 2. The molecule has 1 aliphatic rings. The molecule has 1 atom stereocenters. The van der Waals surface area contributed by atoms with Crippen molar-refractivity contribution in [3.05, 3.63) is 65.0 Å². The number of aromatic nitrogens is 1. The molecule has 2 N–H and O–H groups in total. The molecule has 0 fully saturated rings. The van der Waals surface area contributed by atoms with Crippen molar-refractivity contribution in [2.45, 2.75) is 12.3 Å². The predicted molar refractivity (Wildman–Crippen MR) is 90.7 cm³/mol. The Labute approximate surface area is 137 Å². The summed E-state index contributed by atoms with van der Waals surface area (Å²) in [5.74, 6) is 0.117. The lowest BCUT2D eigenvalue weighted by Crippen LogP contribution is -2.22. The largest absolute Gasteiger partial charge is 0.508 e. The monoisotopic (exact) mass is 322 g/mol. The minimum atomic E-state index is -0.0687. The van der Waals surface area contributed by atoms with Gasteiger partial charge in [0.15, 0.2) is 0 Å². The molecule has 1 aromatic heterocycles. The zero-order valence-corrected chi connectivity index (χ0v) is 13.0. The van der Waals surface area contributed by atoms with Crippen LogP contribution in [0.25, 0.3) is 11.3 Å². The highest BCUT2D eigenvalue weighted by Gasteiger charge is 2.31. The van der Waals surface area contributed by atoms with Gasteiger partial charge >= 0.3 is 0 Å². The molecule has 1 aliphatic heterocycles. The second-order valence-electron chi connectivity index (χ2n) is 5.54. The molecule has 2 aromatic carbocycles. The number of amides is 1. The highest BCUT2D eigenvalue weighted by Crippen LogP contribution is 2.44. The maximum Gasteiger partial charge on any atom is 0.225 e. The Kier molecular flexibility index (Phi) is 3.35. The van der Waals surface area contributed by atoms with E-state index in [1.165, 1.54) is 11.5 Å². The molecule has 1 amide bonds. The van der Waals surface area contributed by atoms with Crippen LogP contribution in [-0.4, -0.2) is 15.4 Å². The van der Waals surface area contributed by atoms with Crippen molar-refractivity contribution in [1.82, 2.24) is 4.37 Å². The fraction of sp³-hybridized carbons (Fsp3) is 0.111. The summed E-state index contributed by atoms with van der Waals surface area (Å²) in [5.41, 5.74) is 3.53. The number of hydrogen-bond donors (Lipinski definition) is 2. The Morgan fingerprint density at radius 3 is 2.74 bits per heavy atom. The maximum atomic E-state index is 12.2. The maximum absolute atomic E-state index is 12.2. The summed E-state index contributed by atoms with van der Waals surface area (Å²) in [6.07, 6.45) is 0.368. The number of carbonyl (C=O) groups excluding carboxylic acids is 1. The van der Waals surface area contributed by atoms with Crippen molar-refractivity contribution in [1.29, 1.82) is 0 Å². The van der Waals surface area contributed by atoms with E-state index >= 15 is 0 Å². The summed E-state index contributed by atoms with van der Waals surface area (Å²) in [4.78, 5) is 13.2. The van der Waals surface area contributed by atoms with Crippen LogP contribution in [0.3, 0.4) is 0 Å². The van der Waals surface area contributed by atoms with Crippen molar-refractivity contribution in [2.24, 2.45) is 0 Å². The Balaban J connectivity index is 1.83. The first-order valence-electron chi connectivity index (χ1n) is 7.36. The fourth-order valence-electron chi connectivity index (χ4n) is 2.93. The summed E-state index contributed by atoms with van der Waals surface area (Å²) < 4.78 is 4.57. The van der Waals surface area contributed by atoms with Crippen molar-refractivity contribution in [2.75, 3.05) is 5.32 Å². The normalized spacial score (nSPS) is 16.7. The molecule has 0 bridgehead atoms. The van der Waals surface area contributed by atoms with Gasteiger partial charge in [0, 0.05) is 17.9 Å². The van der Waals surface area contributed by atoms with E-state index in [4.69, 9.17) is 0 Å². The van der Waals surface area contributed by atoms with Gasteiger partial charge in [-0.15, -0.1) is 0 Å². The number of phenols is 1. The second kappa shape index (κ2) is 5.52. The topological polar surface area (TPSA) is 62.2 Å². The molecule has 114 valence electrons. The van der Waals surface area contributed by atoms with Gasteiger partial charge in [0.2, 0.25) is 5.91 Å². The van der Waals surface area contributed by atoms with Crippen LogP contribution in [0.1, 0.15) is 22.8 Å². The molecule has 23 heavy (non-hydrogen) atoms. The first kappa shape index (κ1) is 14.0. The minimum absolute atomic E-state index is 0.0248. The van der Waals surface area contributed by atoms with Gasteiger partial charge < -0.3 is 10.4 Å². The lowest BCUT2D eigenvalue weighted by molar-refractivity contribution is -0.116.